The number of fused-ring (bicyclic) bond motifs is 1. The fraction of sp³-hybridized carbons (Fsp3) is 0.526. The van der Waals surface area contributed by atoms with Gasteiger partial charge in [0.25, 0.3) is 0 Å². The predicted octanol–water partition coefficient (Wildman–Crippen LogP) is 0.305. The van der Waals surface area contributed by atoms with Crippen molar-refractivity contribution >= 4 is 17.7 Å². The Labute approximate surface area is 153 Å². The number of hydrogen-bond donors (Lipinski definition) is 2. The van der Waals surface area contributed by atoms with Crippen molar-refractivity contribution in [1.29, 1.82) is 0 Å². The van der Waals surface area contributed by atoms with E-state index in [0.29, 0.717) is 26.1 Å². The molecule has 2 aliphatic rings. The molecular formula is C19H25N3O4. The largest absolute Gasteiger partial charge is 0.387 e. The molecule has 1 aromatic carbocycles. The van der Waals surface area contributed by atoms with Crippen LogP contribution >= 0.6 is 0 Å². The second-order valence-electron chi connectivity index (χ2n) is 7.21. The first-order valence-electron chi connectivity index (χ1n) is 8.87. The lowest BCUT2D eigenvalue weighted by Crippen LogP contribution is -2.64. The van der Waals surface area contributed by atoms with Crippen LogP contribution in [0.3, 0.4) is 0 Å². The summed E-state index contributed by atoms with van der Waals surface area (Å²) in [6.07, 6.45) is 0.648. The maximum Gasteiger partial charge on any atom is 0.248 e. The smallest absolute Gasteiger partial charge is 0.248 e. The Bertz CT molecular complexity index is 708. The molecule has 7 nitrogen and oxygen atoms in total. The van der Waals surface area contributed by atoms with Crippen LogP contribution in [-0.2, 0) is 14.4 Å². The van der Waals surface area contributed by atoms with Crippen molar-refractivity contribution < 1.29 is 19.5 Å². The SMILES string of the molecule is CC(=O)N[C@@]12CN(C(=O)CO)CC[C@@H]1[C@@H](c1ccccc1)N(C(C)=O)C2. The van der Waals surface area contributed by atoms with Crippen LogP contribution in [0.4, 0.5) is 0 Å². The van der Waals surface area contributed by atoms with Crippen molar-refractivity contribution in [3.63, 3.8) is 0 Å². The van der Waals surface area contributed by atoms with Gasteiger partial charge in [-0.1, -0.05) is 30.3 Å². The van der Waals surface area contributed by atoms with Gasteiger partial charge in [0, 0.05) is 39.4 Å². The molecule has 26 heavy (non-hydrogen) atoms. The number of aliphatic hydroxyl groups excluding tert-OH is 1. The summed E-state index contributed by atoms with van der Waals surface area (Å²) in [6.45, 7) is 3.57. The molecule has 1 aromatic rings. The van der Waals surface area contributed by atoms with Gasteiger partial charge in [-0.05, 0) is 12.0 Å². The fourth-order valence-corrected chi connectivity index (χ4v) is 4.56. The highest BCUT2D eigenvalue weighted by molar-refractivity contribution is 5.79. The molecule has 0 radical (unpaired) electrons. The van der Waals surface area contributed by atoms with Gasteiger partial charge < -0.3 is 20.2 Å². The van der Waals surface area contributed by atoms with Gasteiger partial charge in [0.05, 0.1) is 11.6 Å². The maximum absolute atomic E-state index is 12.4. The van der Waals surface area contributed by atoms with E-state index >= 15 is 0 Å². The summed E-state index contributed by atoms with van der Waals surface area (Å²) in [5.74, 6) is -0.602. The number of hydrogen-bond acceptors (Lipinski definition) is 4. The lowest BCUT2D eigenvalue weighted by molar-refractivity contribution is -0.138. The van der Waals surface area contributed by atoms with Crippen molar-refractivity contribution in [2.24, 2.45) is 5.92 Å². The summed E-state index contributed by atoms with van der Waals surface area (Å²) < 4.78 is 0. The van der Waals surface area contributed by atoms with Crippen molar-refractivity contribution in [3.8, 4) is 0 Å². The number of amides is 3. The van der Waals surface area contributed by atoms with Gasteiger partial charge in [-0.3, -0.25) is 14.4 Å². The van der Waals surface area contributed by atoms with Gasteiger partial charge in [-0.15, -0.1) is 0 Å². The van der Waals surface area contributed by atoms with Crippen LogP contribution in [0, 0.1) is 5.92 Å². The first kappa shape index (κ1) is 18.4. The van der Waals surface area contributed by atoms with Gasteiger partial charge in [-0.25, -0.2) is 0 Å². The minimum Gasteiger partial charge on any atom is -0.387 e. The molecule has 2 N–H and O–H groups in total. The zero-order chi connectivity index (χ0) is 18.9. The molecule has 3 rings (SSSR count). The highest BCUT2D eigenvalue weighted by Gasteiger charge is 2.57. The number of carbonyl (C=O) groups is 3. The summed E-state index contributed by atoms with van der Waals surface area (Å²) >= 11 is 0. The average molecular weight is 359 g/mol. The Morgan fingerprint density at radius 2 is 1.88 bits per heavy atom. The third-order valence-electron chi connectivity index (χ3n) is 5.52. The van der Waals surface area contributed by atoms with E-state index in [1.165, 1.54) is 13.8 Å². The molecule has 0 aliphatic carbocycles. The number of piperidine rings is 1. The molecule has 2 heterocycles. The van der Waals surface area contributed by atoms with Crippen LogP contribution in [0.1, 0.15) is 31.9 Å². The number of benzene rings is 1. The minimum atomic E-state index is -0.707. The van der Waals surface area contributed by atoms with Gasteiger partial charge in [0.2, 0.25) is 17.7 Å². The molecule has 2 fully saturated rings. The fourth-order valence-electron chi connectivity index (χ4n) is 4.56. The van der Waals surface area contributed by atoms with E-state index < -0.39 is 12.1 Å². The quantitative estimate of drug-likeness (QED) is 0.813. The number of rotatable bonds is 3. The number of likely N-dealkylation sites (tertiary alicyclic amines) is 2. The lowest BCUT2D eigenvalue weighted by Gasteiger charge is -2.45. The van der Waals surface area contributed by atoms with Crippen LogP contribution < -0.4 is 5.32 Å². The molecule has 0 saturated carbocycles. The molecule has 0 unspecified atom stereocenters. The summed E-state index contributed by atoms with van der Waals surface area (Å²) in [7, 11) is 0. The van der Waals surface area contributed by atoms with Crippen LogP contribution in [0.5, 0.6) is 0 Å². The lowest BCUT2D eigenvalue weighted by atomic mass is 9.75. The molecule has 2 aliphatic heterocycles. The number of carbonyl (C=O) groups excluding carboxylic acids is 3. The molecular weight excluding hydrogens is 334 g/mol. The Hall–Kier alpha value is -2.41. The van der Waals surface area contributed by atoms with E-state index in [1.807, 2.05) is 30.3 Å². The van der Waals surface area contributed by atoms with Crippen LogP contribution in [0.15, 0.2) is 30.3 Å². The van der Waals surface area contributed by atoms with E-state index in [9.17, 15) is 19.5 Å². The van der Waals surface area contributed by atoms with E-state index in [4.69, 9.17) is 0 Å². The van der Waals surface area contributed by atoms with Gasteiger partial charge in [0.15, 0.2) is 0 Å². The Kier molecular flexibility index (Phi) is 5.00. The molecule has 7 heteroatoms. The third-order valence-corrected chi connectivity index (χ3v) is 5.52. The standard InChI is InChI=1S/C19H25N3O4/c1-13(24)20-19-11-21(17(26)10-23)9-8-16(19)18(22(12-19)14(2)25)15-6-4-3-5-7-15/h3-7,16,18,23H,8-12H2,1-2H3,(H,20,24)/t16-,18-,19-/m1/s1. The number of aliphatic hydroxyl groups is 1. The first-order valence-corrected chi connectivity index (χ1v) is 8.87. The second kappa shape index (κ2) is 7.07. The zero-order valence-electron chi connectivity index (χ0n) is 15.1. The second-order valence-corrected chi connectivity index (χ2v) is 7.21. The van der Waals surface area contributed by atoms with Crippen molar-refractivity contribution in [2.45, 2.75) is 31.8 Å². The van der Waals surface area contributed by atoms with E-state index in [1.54, 1.807) is 9.80 Å². The molecule has 3 amide bonds. The first-order chi connectivity index (χ1) is 12.4. The Morgan fingerprint density at radius 3 is 2.46 bits per heavy atom. The van der Waals surface area contributed by atoms with Gasteiger partial charge >= 0.3 is 0 Å². The summed E-state index contributed by atoms with van der Waals surface area (Å²) in [6, 6.07) is 9.66. The monoisotopic (exact) mass is 359 g/mol. The van der Waals surface area contributed by atoms with Crippen molar-refractivity contribution in [2.75, 3.05) is 26.2 Å². The molecule has 0 spiro atoms. The van der Waals surface area contributed by atoms with Crippen molar-refractivity contribution in [3.05, 3.63) is 35.9 Å². The number of nitrogens with zero attached hydrogens (tertiary/aromatic N) is 2. The summed E-state index contributed by atoms with van der Waals surface area (Å²) in [5, 5.41) is 12.3. The molecule has 0 aromatic heterocycles. The summed E-state index contributed by atoms with van der Waals surface area (Å²) in [5.41, 5.74) is 0.322. The molecule has 140 valence electrons. The predicted molar refractivity (Wildman–Crippen MR) is 94.9 cm³/mol. The molecule has 0 bridgehead atoms. The molecule has 3 atom stereocenters. The van der Waals surface area contributed by atoms with Crippen LogP contribution in [0.25, 0.3) is 0 Å². The Morgan fingerprint density at radius 1 is 1.19 bits per heavy atom. The van der Waals surface area contributed by atoms with Crippen molar-refractivity contribution in [1.82, 2.24) is 15.1 Å². The normalized spacial score (nSPS) is 27.8. The van der Waals surface area contributed by atoms with Gasteiger partial charge in [-0.2, -0.15) is 0 Å². The third kappa shape index (κ3) is 3.19. The van der Waals surface area contributed by atoms with Crippen LogP contribution in [-0.4, -0.2) is 64.4 Å². The highest BCUT2D eigenvalue weighted by atomic mass is 16.3. The van der Waals surface area contributed by atoms with E-state index in [-0.39, 0.29) is 29.7 Å². The molecule has 2 saturated heterocycles. The van der Waals surface area contributed by atoms with E-state index in [0.717, 1.165) is 5.56 Å². The van der Waals surface area contributed by atoms with E-state index in [2.05, 4.69) is 5.32 Å². The zero-order valence-corrected chi connectivity index (χ0v) is 15.1. The maximum atomic E-state index is 12.4. The van der Waals surface area contributed by atoms with Crippen LogP contribution in [0.2, 0.25) is 0 Å². The minimum absolute atomic E-state index is 0.000410. The Balaban J connectivity index is 2.02. The highest BCUT2D eigenvalue weighted by Crippen LogP contribution is 2.47. The average Bonchev–Trinajstić information content (AvgIpc) is 2.95. The number of nitrogens with one attached hydrogen (secondary N) is 1. The van der Waals surface area contributed by atoms with Gasteiger partial charge in [0.1, 0.15) is 6.61 Å². The summed E-state index contributed by atoms with van der Waals surface area (Å²) in [4.78, 5) is 39.7. The topological polar surface area (TPSA) is 89.9 Å².